The summed E-state index contributed by atoms with van der Waals surface area (Å²) in [6.45, 7) is 3.67. The third kappa shape index (κ3) is 2.03. The van der Waals surface area contributed by atoms with Gasteiger partial charge >= 0.3 is 6.18 Å². The molecule has 0 aliphatic rings. The van der Waals surface area contributed by atoms with Gasteiger partial charge in [0.1, 0.15) is 0 Å². The molecule has 1 nitrogen and oxygen atoms in total. The maximum Gasteiger partial charge on any atom is 0.417 e. The standard InChI is InChI=1S/C14H14F3N/c1-8(2)11-7-12(14(15,16)17)9-5-3-4-6-10(9)13(11)18/h3-8H,18H2,1-2H3. The van der Waals surface area contributed by atoms with Crippen LogP contribution < -0.4 is 5.73 Å². The first-order valence-electron chi connectivity index (χ1n) is 5.70. The lowest BCUT2D eigenvalue weighted by Crippen LogP contribution is -2.09. The van der Waals surface area contributed by atoms with Crippen LogP contribution in [0.2, 0.25) is 0 Å². The minimum absolute atomic E-state index is 0.0456. The van der Waals surface area contributed by atoms with Crippen molar-refractivity contribution >= 4 is 16.5 Å². The Bertz CT molecular complexity index is 585. The van der Waals surface area contributed by atoms with Gasteiger partial charge in [-0.2, -0.15) is 13.2 Å². The Labute approximate surface area is 103 Å². The molecule has 0 heterocycles. The van der Waals surface area contributed by atoms with Crippen molar-refractivity contribution in [3.63, 3.8) is 0 Å². The summed E-state index contributed by atoms with van der Waals surface area (Å²) in [4.78, 5) is 0. The highest BCUT2D eigenvalue weighted by atomic mass is 19.4. The van der Waals surface area contributed by atoms with E-state index in [-0.39, 0.29) is 11.3 Å². The largest absolute Gasteiger partial charge is 0.417 e. The molecule has 0 saturated carbocycles. The highest BCUT2D eigenvalue weighted by Gasteiger charge is 2.33. The van der Waals surface area contributed by atoms with Crippen LogP contribution in [-0.2, 0) is 6.18 Å². The van der Waals surface area contributed by atoms with Gasteiger partial charge in [0, 0.05) is 11.1 Å². The second kappa shape index (κ2) is 4.19. The number of rotatable bonds is 1. The second-order valence-corrected chi connectivity index (χ2v) is 4.63. The van der Waals surface area contributed by atoms with Crippen molar-refractivity contribution < 1.29 is 13.2 Å². The molecule has 2 rings (SSSR count). The summed E-state index contributed by atoms with van der Waals surface area (Å²) in [5.41, 5.74) is 6.33. The van der Waals surface area contributed by atoms with E-state index in [0.717, 1.165) is 0 Å². The second-order valence-electron chi connectivity index (χ2n) is 4.63. The molecule has 0 aromatic heterocycles. The van der Waals surface area contributed by atoms with Crippen LogP contribution in [0.3, 0.4) is 0 Å². The average Bonchev–Trinajstić information content (AvgIpc) is 2.27. The minimum atomic E-state index is -4.36. The average molecular weight is 253 g/mol. The molecule has 2 aromatic carbocycles. The van der Waals surface area contributed by atoms with E-state index < -0.39 is 11.7 Å². The van der Waals surface area contributed by atoms with E-state index in [1.165, 1.54) is 12.1 Å². The third-order valence-corrected chi connectivity index (χ3v) is 3.05. The van der Waals surface area contributed by atoms with Crippen molar-refractivity contribution in [3.05, 3.63) is 41.5 Å². The number of nitrogens with two attached hydrogens (primary N) is 1. The Kier molecular flexibility index (Phi) is 2.97. The van der Waals surface area contributed by atoms with Gasteiger partial charge in [-0.15, -0.1) is 0 Å². The lowest BCUT2D eigenvalue weighted by molar-refractivity contribution is -0.136. The maximum atomic E-state index is 13.1. The van der Waals surface area contributed by atoms with Crippen molar-refractivity contribution in [2.24, 2.45) is 0 Å². The van der Waals surface area contributed by atoms with Gasteiger partial charge < -0.3 is 5.73 Å². The zero-order valence-corrected chi connectivity index (χ0v) is 10.2. The molecule has 0 saturated heterocycles. The number of halogens is 3. The fourth-order valence-electron chi connectivity index (χ4n) is 2.13. The topological polar surface area (TPSA) is 26.0 Å². The van der Waals surface area contributed by atoms with E-state index >= 15 is 0 Å². The predicted molar refractivity (Wildman–Crippen MR) is 67.5 cm³/mol. The first kappa shape index (κ1) is 12.7. The van der Waals surface area contributed by atoms with Crippen LogP contribution in [0.4, 0.5) is 18.9 Å². The van der Waals surface area contributed by atoms with Crippen molar-refractivity contribution in [2.45, 2.75) is 25.9 Å². The molecule has 0 amide bonds. The Morgan fingerprint density at radius 3 is 2.11 bits per heavy atom. The molecule has 0 atom stereocenters. The summed E-state index contributed by atoms with van der Waals surface area (Å²) in [6.07, 6.45) is -4.36. The van der Waals surface area contributed by atoms with E-state index in [1.54, 1.807) is 18.2 Å². The Balaban J connectivity index is 2.89. The summed E-state index contributed by atoms with van der Waals surface area (Å²) in [7, 11) is 0. The zero-order valence-electron chi connectivity index (χ0n) is 10.2. The highest BCUT2D eigenvalue weighted by molar-refractivity contribution is 5.97. The van der Waals surface area contributed by atoms with Gasteiger partial charge in [-0.25, -0.2) is 0 Å². The molecular weight excluding hydrogens is 239 g/mol. The number of hydrogen-bond donors (Lipinski definition) is 1. The van der Waals surface area contributed by atoms with Crippen molar-refractivity contribution in [2.75, 3.05) is 5.73 Å². The van der Waals surface area contributed by atoms with E-state index in [4.69, 9.17) is 5.73 Å². The van der Waals surface area contributed by atoms with Gasteiger partial charge in [0.05, 0.1) is 5.56 Å². The summed E-state index contributed by atoms with van der Waals surface area (Å²) in [5.74, 6) is -0.0456. The lowest BCUT2D eigenvalue weighted by atomic mass is 9.93. The molecule has 0 fully saturated rings. The molecule has 2 aromatic rings. The molecule has 0 radical (unpaired) electrons. The normalized spacial score (nSPS) is 12.3. The first-order valence-corrected chi connectivity index (χ1v) is 5.70. The van der Waals surface area contributed by atoms with Gasteiger partial charge in [-0.1, -0.05) is 38.1 Å². The molecular formula is C14H14F3N. The summed E-state index contributed by atoms with van der Waals surface area (Å²) >= 11 is 0. The van der Waals surface area contributed by atoms with Crippen molar-refractivity contribution in [1.82, 2.24) is 0 Å². The number of hydrogen-bond acceptors (Lipinski definition) is 1. The maximum absolute atomic E-state index is 13.1. The fourth-order valence-corrected chi connectivity index (χ4v) is 2.13. The van der Waals surface area contributed by atoms with Crippen LogP contribution in [-0.4, -0.2) is 0 Å². The minimum Gasteiger partial charge on any atom is -0.398 e. The Morgan fingerprint density at radius 1 is 1.06 bits per heavy atom. The molecule has 0 aliphatic heterocycles. The smallest absolute Gasteiger partial charge is 0.398 e. The predicted octanol–water partition coefficient (Wildman–Crippen LogP) is 4.56. The van der Waals surface area contributed by atoms with Crippen LogP contribution >= 0.6 is 0 Å². The van der Waals surface area contributed by atoms with E-state index in [0.29, 0.717) is 16.6 Å². The van der Waals surface area contributed by atoms with Gasteiger partial charge in [0.2, 0.25) is 0 Å². The molecule has 0 unspecified atom stereocenters. The van der Waals surface area contributed by atoms with Gasteiger partial charge in [0.25, 0.3) is 0 Å². The van der Waals surface area contributed by atoms with Crippen molar-refractivity contribution in [1.29, 1.82) is 0 Å². The molecule has 2 N–H and O–H groups in total. The quantitative estimate of drug-likeness (QED) is 0.740. The molecule has 0 spiro atoms. The SMILES string of the molecule is CC(C)c1cc(C(F)(F)F)c2ccccc2c1N. The van der Waals surface area contributed by atoms with Crippen LogP contribution in [0.15, 0.2) is 30.3 Å². The van der Waals surface area contributed by atoms with E-state index in [9.17, 15) is 13.2 Å². The van der Waals surface area contributed by atoms with Gasteiger partial charge in [-0.05, 0) is 22.9 Å². The molecule has 96 valence electrons. The number of fused-ring (bicyclic) bond motifs is 1. The molecule has 0 aliphatic carbocycles. The van der Waals surface area contributed by atoms with Crippen LogP contribution in [0.25, 0.3) is 10.8 Å². The Morgan fingerprint density at radius 2 is 1.61 bits per heavy atom. The Hall–Kier alpha value is -1.71. The zero-order chi connectivity index (χ0) is 13.5. The summed E-state index contributed by atoms with van der Waals surface area (Å²) in [6, 6.07) is 7.54. The highest BCUT2D eigenvalue weighted by Crippen LogP contribution is 2.40. The number of alkyl halides is 3. The molecule has 18 heavy (non-hydrogen) atoms. The van der Waals surface area contributed by atoms with Crippen LogP contribution in [0.5, 0.6) is 0 Å². The van der Waals surface area contributed by atoms with Crippen molar-refractivity contribution in [3.8, 4) is 0 Å². The first-order chi connectivity index (χ1) is 8.32. The van der Waals surface area contributed by atoms with Crippen LogP contribution in [0.1, 0.15) is 30.9 Å². The molecule has 4 heteroatoms. The number of anilines is 1. The third-order valence-electron chi connectivity index (χ3n) is 3.05. The van der Waals surface area contributed by atoms with E-state index in [2.05, 4.69) is 0 Å². The lowest BCUT2D eigenvalue weighted by Gasteiger charge is -2.17. The monoisotopic (exact) mass is 253 g/mol. The number of nitrogen functional groups attached to an aromatic ring is 1. The van der Waals surface area contributed by atoms with Crippen LogP contribution in [0, 0.1) is 0 Å². The summed E-state index contributed by atoms with van der Waals surface area (Å²) in [5, 5.41) is 0.628. The number of benzene rings is 2. The van der Waals surface area contributed by atoms with E-state index in [1.807, 2.05) is 13.8 Å². The van der Waals surface area contributed by atoms with Gasteiger partial charge in [0.15, 0.2) is 0 Å². The van der Waals surface area contributed by atoms with Gasteiger partial charge in [-0.3, -0.25) is 0 Å². The molecule has 0 bridgehead atoms. The fraction of sp³-hybridized carbons (Fsp3) is 0.286. The summed E-state index contributed by atoms with van der Waals surface area (Å²) < 4.78 is 39.2.